The zero-order chi connectivity index (χ0) is 18.8. The van der Waals surface area contributed by atoms with Gasteiger partial charge in [0, 0.05) is 25.4 Å². The number of halogens is 1. The van der Waals surface area contributed by atoms with Crippen molar-refractivity contribution < 1.29 is 23.4 Å². The van der Waals surface area contributed by atoms with Crippen LogP contribution in [0.3, 0.4) is 0 Å². The Hall–Kier alpha value is -2.80. The van der Waals surface area contributed by atoms with Gasteiger partial charge in [-0.25, -0.2) is 9.18 Å². The third-order valence-corrected chi connectivity index (χ3v) is 3.58. The summed E-state index contributed by atoms with van der Waals surface area (Å²) in [6, 6.07) is 11.0. The number of nitrogens with one attached hydrogen (secondary N) is 2. The lowest BCUT2D eigenvalue weighted by Crippen LogP contribution is -2.30. The van der Waals surface area contributed by atoms with Crippen molar-refractivity contribution in [2.45, 2.75) is 6.42 Å². The van der Waals surface area contributed by atoms with Gasteiger partial charge in [0.05, 0.1) is 13.7 Å². The molecule has 0 aliphatic heterocycles. The van der Waals surface area contributed by atoms with Crippen molar-refractivity contribution >= 4 is 11.7 Å². The summed E-state index contributed by atoms with van der Waals surface area (Å²) in [5.74, 6) is 0.819. The quantitative estimate of drug-likeness (QED) is 0.672. The highest BCUT2D eigenvalue weighted by molar-refractivity contribution is 5.89. The van der Waals surface area contributed by atoms with Crippen LogP contribution in [-0.4, -0.2) is 40.0 Å². The van der Waals surface area contributed by atoms with Gasteiger partial charge in [-0.2, -0.15) is 0 Å². The lowest BCUT2D eigenvalue weighted by molar-refractivity contribution is 0.144. The minimum atomic E-state index is -0.333. The maximum Gasteiger partial charge on any atom is 0.319 e. The average Bonchev–Trinajstić information content (AvgIpc) is 2.64. The number of carbonyl (C=O) groups is 1. The standard InChI is InChI=1S/C19H23FN2O4/c1-24-11-12-26-18-13-16(7-8-17(18)25-2)22-19(23)21-10-9-14-3-5-15(20)6-4-14/h3-8,13H,9-12H2,1-2H3,(H2,21,22,23). The summed E-state index contributed by atoms with van der Waals surface area (Å²) in [6.45, 7) is 1.26. The van der Waals surface area contributed by atoms with E-state index in [4.69, 9.17) is 14.2 Å². The maximum absolute atomic E-state index is 12.9. The fourth-order valence-corrected chi connectivity index (χ4v) is 2.25. The van der Waals surface area contributed by atoms with E-state index in [1.54, 1.807) is 44.6 Å². The largest absolute Gasteiger partial charge is 0.493 e. The summed E-state index contributed by atoms with van der Waals surface area (Å²) in [7, 11) is 3.14. The van der Waals surface area contributed by atoms with Crippen molar-refractivity contribution in [2.75, 3.05) is 39.3 Å². The minimum Gasteiger partial charge on any atom is -0.493 e. The summed E-state index contributed by atoms with van der Waals surface area (Å²) in [6.07, 6.45) is 0.613. The first-order valence-corrected chi connectivity index (χ1v) is 8.21. The van der Waals surface area contributed by atoms with E-state index < -0.39 is 0 Å². The summed E-state index contributed by atoms with van der Waals surface area (Å²) < 4.78 is 28.6. The molecular weight excluding hydrogens is 339 g/mol. The first kappa shape index (κ1) is 19.5. The zero-order valence-electron chi connectivity index (χ0n) is 14.9. The molecule has 0 bridgehead atoms. The van der Waals surface area contributed by atoms with Crippen LogP contribution in [0, 0.1) is 5.82 Å². The molecule has 2 aromatic carbocycles. The van der Waals surface area contributed by atoms with E-state index in [0.29, 0.717) is 43.4 Å². The molecule has 2 aromatic rings. The lowest BCUT2D eigenvalue weighted by atomic mass is 10.1. The molecule has 2 amide bonds. The van der Waals surface area contributed by atoms with E-state index >= 15 is 0 Å². The van der Waals surface area contributed by atoms with Gasteiger partial charge in [-0.05, 0) is 36.2 Å². The van der Waals surface area contributed by atoms with E-state index in [9.17, 15) is 9.18 Å². The molecule has 6 nitrogen and oxygen atoms in total. The van der Waals surface area contributed by atoms with Crippen molar-refractivity contribution in [1.29, 1.82) is 0 Å². The van der Waals surface area contributed by atoms with Gasteiger partial charge >= 0.3 is 6.03 Å². The molecule has 140 valence electrons. The van der Waals surface area contributed by atoms with Crippen molar-refractivity contribution in [1.82, 2.24) is 5.32 Å². The van der Waals surface area contributed by atoms with Crippen LogP contribution in [0.25, 0.3) is 0 Å². The van der Waals surface area contributed by atoms with Gasteiger partial charge in [0.15, 0.2) is 11.5 Å². The van der Waals surface area contributed by atoms with E-state index in [-0.39, 0.29) is 11.8 Å². The molecule has 0 aliphatic carbocycles. The Balaban J connectivity index is 1.85. The maximum atomic E-state index is 12.9. The highest BCUT2D eigenvalue weighted by Crippen LogP contribution is 2.30. The summed E-state index contributed by atoms with van der Waals surface area (Å²) in [4.78, 5) is 12.0. The number of hydrogen-bond donors (Lipinski definition) is 2. The Morgan fingerprint density at radius 2 is 1.81 bits per heavy atom. The second-order valence-corrected chi connectivity index (χ2v) is 5.46. The number of anilines is 1. The summed E-state index contributed by atoms with van der Waals surface area (Å²) >= 11 is 0. The number of hydrogen-bond acceptors (Lipinski definition) is 4. The molecule has 2 rings (SSSR count). The lowest BCUT2D eigenvalue weighted by Gasteiger charge is -2.13. The molecule has 0 saturated carbocycles. The first-order valence-electron chi connectivity index (χ1n) is 8.21. The molecule has 0 aliphatic rings. The molecule has 0 saturated heterocycles. The van der Waals surface area contributed by atoms with Gasteiger partial charge in [0.25, 0.3) is 0 Å². The normalized spacial score (nSPS) is 10.3. The van der Waals surface area contributed by atoms with Crippen LogP contribution in [0.15, 0.2) is 42.5 Å². The highest BCUT2D eigenvalue weighted by atomic mass is 19.1. The van der Waals surface area contributed by atoms with Crippen molar-refractivity contribution in [3.63, 3.8) is 0 Å². The molecule has 0 unspecified atom stereocenters. The van der Waals surface area contributed by atoms with Crippen molar-refractivity contribution in [2.24, 2.45) is 0 Å². The number of urea groups is 1. The number of benzene rings is 2. The third kappa shape index (κ3) is 6.25. The van der Waals surface area contributed by atoms with Crippen LogP contribution in [-0.2, 0) is 11.2 Å². The van der Waals surface area contributed by atoms with Crippen LogP contribution >= 0.6 is 0 Å². The number of carbonyl (C=O) groups excluding carboxylic acids is 1. The van der Waals surface area contributed by atoms with Gasteiger partial charge in [-0.3, -0.25) is 0 Å². The fraction of sp³-hybridized carbons (Fsp3) is 0.316. The fourth-order valence-electron chi connectivity index (χ4n) is 2.25. The number of amides is 2. The van der Waals surface area contributed by atoms with Crippen LogP contribution in [0.4, 0.5) is 14.9 Å². The van der Waals surface area contributed by atoms with Gasteiger partial charge in [-0.15, -0.1) is 0 Å². The predicted molar refractivity (Wildman–Crippen MR) is 97.5 cm³/mol. The number of ether oxygens (including phenoxy) is 3. The smallest absolute Gasteiger partial charge is 0.319 e. The van der Waals surface area contributed by atoms with Gasteiger partial charge < -0.3 is 24.8 Å². The summed E-state index contributed by atoms with van der Waals surface area (Å²) in [5.41, 5.74) is 1.53. The monoisotopic (exact) mass is 362 g/mol. The van der Waals surface area contributed by atoms with Crippen LogP contribution in [0.5, 0.6) is 11.5 Å². The SMILES string of the molecule is COCCOc1cc(NC(=O)NCCc2ccc(F)cc2)ccc1OC. The third-order valence-electron chi connectivity index (χ3n) is 3.58. The zero-order valence-corrected chi connectivity index (χ0v) is 14.9. The molecule has 0 spiro atoms. The average molecular weight is 362 g/mol. The first-order chi connectivity index (χ1) is 12.6. The van der Waals surface area contributed by atoms with Crippen LogP contribution in [0.1, 0.15) is 5.56 Å². The van der Waals surface area contributed by atoms with Crippen molar-refractivity contribution in [3.05, 3.63) is 53.8 Å². The number of methoxy groups -OCH3 is 2. The molecule has 7 heteroatoms. The Labute approximate surface area is 152 Å². The van der Waals surface area contributed by atoms with Crippen molar-refractivity contribution in [3.8, 4) is 11.5 Å². The van der Waals surface area contributed by atoms with Crippen LogP contribution < -0.4 is 20.1 Å². The predicted octanol–water partition coefficient (Wildman–Crippen LogP) is 3.22. The Bertz CT molecular complexity index is 707. The minimum absolute atomic E-state index is 0.275. The Kier molecular flexibility index (Phi) is 7.70. The van der Waals surface area contributed by atoms with E-state index in [2.05, 4.69) is 10.6 Å². The summed E-state index contributed by atoms with van der Waals surface area (Å²) in [5, 5.41) is 5.50. The van der Waals surface area contributed by atoms with Crippen LogP contribution in [0.2, 0.25) is 0 Å². The topological polar surface area (TPSA) is 68.8 Å². The van der Waals surface area contributed by atoms with Gasteiger partial charge in [0.1, 0.15) is 12.4 Å². The van der Waals surface area contributed by atoms with E-state index in [0.717, 1.165) is 5.56 Å². The molecule has 2 N–H and O–H groups in total. The van der Waals surface area contributed by atoms with E-state index in [1.807, 2.05) is 0 Å². The van der Waals surface area contributed by atoms with Gasteiger partial charge in [0.2, 0.25) is 0 Å². The molecule has 0 atom stereocenters. The molecule has 0 fully saturated rings. The second-order valence-electron chi connectivity index (χ2n) is 5.46. The number of rotatable bonds is 9. The van der Waals surface area contributed by atoms with Gasteiger partial charge in [-0.1, -0.05) is 12.1 Å². The Morgan fingerprint density at radius 3 is 2.50 bits per heavy atom. The second kappa shape index (κ2) is 10.2. The van der Waals surface area contributed by atoms with E-state index in [1.165, 1.54) is 12.1 Å². The highest BCUT2D eigenvalue weighted by Gasteiger charge is 2.08. The molecule has 26 heavy (non-hydrogen) atoms. The molecule has 0 heterocycles. The molecule has 0 radical (unpaired) electrons. The Morgan fingerprint density at radius 1 is 1.04 bits per heavy atom. The molecule has 0 aromatic heterocycles. The molecular formula is C19H23FN2O4.